The van der Waals surface area contributed by atoms with E-state index in [1.165, 1.54) is 41.8 Å². The van der Waals surface area contributed by atoms with Gasteiger partial charge in [-0.25, -0.2) is 33.3 Å². The summed E-state index contributed by atoms with van der Waals surface area (Å²) in [5.41, 5.74) is 9.11. The molecule has 1 unspecified atom stereocenters. The first-order valence-corrected chi connectivity index (χ1v) is 42.8. The molecule has 0 saturated heterocycles. The number of rotatable bonds is 68. The van der Waals surface area contributed by atoms with E-state index in [0.717, 1.165) is 70.6 Å². The molecule has 126 heavy (non-hydrogen) atoms. The summed E-state index contributed by atoms with van der Waals surface area (Å²) in [5.74, 6) is -10.2. The third-order valence-electron chi connectivity index (χ3n) is 19.3. The zero-order valence-electron chi connectivity index (χ0n) is 71.4. The summed E-state index contributed by atoms with van der Waals surface area (Å²) in [4.78, 5) is 172. The molecular formula is C84H121ClFN17O23. The van der Waals surface area contributed by atoms with E-state index in [-0.39, 0.29) is 154 Å². The van der Waals surface area contributed by atoms with Crippen molar-refractivity contribution in [3.63, 3.8) is 0 Å². The number of nitriles is 1. The van der Waals surface area contributed by atoms with Gasteiger partial charge >= 0.3 is 24.0 Å². The van der Waals surface area contributed by atoms with Crippen LogP contribution in [0.4, 0.5) is 14.9 Å². The van der Waals surface area contributed by atoms with Gasteiger partial charge in [-0.15, -0.1) is 0 Å². The summed E-state index contributed by atoms with van der Waals surface area (Å²) in [7, 11) is 0. The Hall–Kier alpha value is -11.4. The molecule has 40 nitrogen and oxygen atoms in total. The van der Waals surface area contributed by atoms with Gasteiger partial charge < -0.3 is 107 Å². The van der Waals surface area contributed by atoms with Crippen molar-refractivity contribution >= 4 is 100 Å². The molecule has 0 spiro atoms. The van der Waals surface area contributed by atoms with E-state index in [2.05, 4.69) is 74.3 Å². The third kappa shape index (κ3) is 43.0. The highest BCUT2D eigenvalue weighted by molar-refractivity contribution is 6.31. The SMILES string of the molecule is CC(C)C[C@H](NC(=O)COCCOCCNC(=O)COCCOCCNC(=O)CC[C@H](NC(=O)CCC(NC(=O)CCCCCCCCCCCCCCCCC(=O)O)C(=O)O)C(=O)O)C(=O)N[C@@H](CO)C(=O)NCC(=O)N[C@@H](CCCCN)C(=O)Nc1ccc(COC(=O)NCOCCn2cnc(-c3ccc(F)c(Cl)c3)c2-c2ccc3ncc(C#N)n3n2)cc1. The number of unbranched alkanes of at least 4 members (excludes halogenated alkanes) is 14. The number of aliphatic carboxylic acids is 3. The first-order chi connectivity index (χ1) is 60.7. The Morgan fingerprint density at radius 3 is 1.71 bits per heavy atom. The number of imidazole rings is 2. The normalized spacial score (nSPS) is 12.3. The number of anilines is 1. The highest BCUT2D eigenvalue weighted by atomic mass is 35.5. The van der Waals surface area contributed by atoms with Crippen LogP contribution in [0.5, 0.6) is 0 Å². The zero-order chi connectivity index (χ0) is 91.8. The number of hydrogen-bond acceptors (Lipinski definition) is 25. The van der Waals surface area contributed by atoms with Crippen LogP contribution in [0.25, 0.3) is 28.3 Å². The number of carbonyl (C=O) groups excluding carboxylic acids is 10. The summed E-state index contributed by atoms with van der Waals surface area (Å²) < 4.78 is 49.9. The maximum Gasteiger partial charge on any atom is 0.409 e. The molecule has 0 saturated carbocycles. The van der Waals surface area contributed by atoms with Gasteiger partial charge in [0.2, 0.25) is 53.2 Å². The van der Waals surface area contributed by atoms with Crippen molar-refractivity contribution in [1.82, 2.24) is 72.0 Å². The van der Waals surface area contributed by atoms with Crippen LogP contribution in [0, 0.1) is 23.1 Å². The lowest BCUT2D eigenvalue weighted by Gasteiger charge is -2.23. The average Bonchev–Trinajstić information content (AvgIpc) is 1.62. The largest absolute Gasteiger partial charge is 0.481 e. The molecule has 5 atom stereocenters. The lowest BCUT2D eigenvalue weighted by atomic mass is 10.0. The van der Waals surface area contributed by atoms with Crippen molar-refractivity contribution in [2.24, 2.45) is 11.7 Å². The van der Waals surface area contributed by atoms with Crippen molar-refractivity contribution in [3.8, 4) is 28.7 Å². The van der Waals surface area contributed by atoms with Gasteiger partial charge in [0.25, 0.3) is 0 Å². The minimum absolute atomic E-state index is 0.0270. The fourth-order valence-electron chi connectivity index (χ4n) is 12.6. The number of carboxylic acids is 3. The summed E-state index contributed by atoms with van der Waals surface area (Å²) in [5, 5.41) is 77.4. The Labute approximate surface area is 734 Å². The zero-order valence-corrected chi connectivity index (χ0v) is 72.1. The van der Waals surface area contributed by atoms with Gasteiger partial charge in [-0.05, 0) is 112 Å². The number of nitrogens with two attached hydrogens (primary N) is 1. The number of halogens is 2. The number of hydrogen-bond donors (Lipinski definition) is 15. The first kappa shape index (κ1) is 105. The van der Waals surface area contributed by atoms with Gasteiger partial charge in [0.15, 0.2) is 11.3 Å². The van der Waals surface area contributed by atoms with Crippen LogP contribution in [0.15, 0.2) is 67.1 Å². The Morgan fingerprint density at radius 2 is 1.12 bits per heavy atom. The quantitative estimate of drug-likeness (QED) is 0.0183. The third-order valence-corrected chi connectivity index (χ3v) is 19.6. The molecule has 0 aliphatic rings. The smallest absolute Gasteiger partial charge is 0.409 e. The number of aliphatic hydroxyl groups excluding tert-OH is 1. The number of alkyl carbamates (subject to hydrolysis) is 1. The van der Waals surface area contributed by atoms with Gasteiger partial charge in [0.1, 0.15) is 74.3 Å². The molecule has 5 rings (SSSR count). The Morgan fingerprint density at radius 1 is 0.548 bits per heavy atom. The molecule has 0 bridgehead atoms. The monoisotopic (exact) mass is 1790 g/mol. The molecule has 0 radical (unpaired) electrons. The number of aliphatic hydroxyl groups is 1. The van der Waals surface area contributed by atoms with Crippen LogP contribution >= 0.6 is 11.6 Å². The number of carbonyl (C=O) groups is 13. The molecule has 0 fully saturated rings. The van der Waals surface area contributed by atoms with E-state index in [0.29, 0.717) is 65.4 Å². The molecular weight excluding hydrogens is 1670 g/mol. The highest BCUT2D eigenvalue weighted by Gasteiger charge is 2.30. The second-order valence-corrected chi connectivity index (χ2v) is 30.4. The molecule has 3 heterocycles. The van der Waals surface area contributed by atoms with E-state index >= 15 is 0 Å². The summed E-state index contributed by atoms with van der Waals surface area (Å²) >= 11 is 6.12. The summed E-state index contributed by atoms with van der Waals surface area (Å²) in [6.45, 7) is 1.86. The Kier molecular flexibility index (Phi) is 51.0. The second kappa shape index (κ2) is 61.1. The van der Waals surface area contributed by atoms with Crippen LogP contribution < -0.4 is 58.9 Å². The number of nitrogens with one attached hydrogen (secondary N) is 10. The molecule has 0 aliphatic heterocycles. The van der Waals surface area contributed by atoms with Gasteiger partial charge in [0.05, 0.1) is 88.3 Å². The fraction of sp³-hybridized carbons (Fsp3) is 0.583. The molecule has 5 aromatic rings. The van der Waals surface area contributed by atoms with Crippen LogP contribution in [0.2, 0.25) is 5.02 Å². The number of benzene rings is 2. The molecule has 3 aromatic heterocycles. The van der Waals surface area contributed by atoms with Crippen LogP contribution in [0.3, 0.4) is 0 Å². The number of amides is 10. The van der Waals surface area contributed by atoms with Crippen molar-refractivity contribution < 1.29 is 116 Å². The maximum absolute atomic E-state index is 14.1. The lowest BCUT2D eigenvalue weighted by Crippen LogP contribution is -2.56. The standard InChI is InChI=1S/C84H121ClFN17O23/c1-56(2)45-67(99-75(110)53-124-44-42-122-39-36-90-74(109)52-123-43-41-121-38-35-89-70(105)32-29-65(82(116)117)98-72(107)33-30-66(83(118)119)97-71(106)20-15-13-11-9-7-5-3-4-6-8-10-12-14-16-21-76(111)112)81(115)100-68(50-104)79(113)92-49-73(108)96-64(19-17-18-34-87)80(114)95-59-25-22-57(23-26-59)51-126-84(120)94-55-125-40-37-102-54-93-77(58-24-27-62(86)61(85)46-58)78(102)63-28-31-69-91-48-60(47-88)103(69)101-63/h22-28,31,46,48,54,56,64-68,104H,3-21,29-30,32-45,49-53,55,87H2,1-2H3,(H,89,105)(H,90,109)(H,92,113)(H,94,120)(H,95,114)(H,96,108)(H,97,106)(H,98,107)(H,99,110)(H,100,115)(H,111,112)(H,116,117)(H,118,119)/t64-,65-,66?,67-,68-/m0/s1. The van der Waals surface area contributed by atoms with E-state index in [4.69, 9.17) is 50.9 Å². The summed E-state index contributed by atoms with van der Waals surface area (Å²) in [6, 6.07) is 9.34. The van der Waals surface area contributed by atoms with Crippen LogP contribution in [0.1, 0.15) is 179 Å². The highest BCUT2D eigenvalue weighted by Crippen LogP contribution is 2.33. The fourth-order valence-corrected chi connectivity index (χ4v) is 12.8. The van der Waals surface area contributed by atoms with Crippen molar-refractivity contribution in [3.05, 3.63) is 89.2 Å². The Bertz CT molecular complexity index is 4300. The first-order valence-electron chi connectivity index (χ1n) is 42.4. The van der Waals surface area contributed by atoms with E-state index in [1.54, 1.807) is 61.1 Å². The molecule has 2 aromatic carbocycles. The van der Waals surface area contributed by atoms with E-state index in [1.807, 2.05) is 0 Å². The van der Waals surface area contributed by atoms with Gasteiger partial charge in [-0.3, -0.25) is 53.3 Å². The molecule has 10 amide bonds. The van der Waals surface area contributed by atoms with Gasteiger partial charge in [0, 0.05) is 56.6 Å². The Balaban J connectivity index is 0.870. The maximum atomic E-state index is 14.1. The number of nitrogens with zero attached hydrogens (tertiary/aromatic N) is 6. The van der Waals surface area contributed by atoms with Gasteiger partial charge in [-0.2, -0.15) is 10.4 Å². The summed E-state index contributed by atoms with van der Waals surface area (Å²) in [6.07, 6.45) is 16.8. The van der Waals surface area contributed by atoms with Crippen molar-refractivity contribution in [1.29, 1.82) is 5.26 Å². The average molecular weight is 1790 g/mol. The van der Waals surface area contributed by atoms with Crippen LogP contribution in [-0.2, 0) is 99.1 Å². The topological polar surface area (TPSA) is 576 Å². The molecule has 694 valence electrons. The van der Waals surface area contributed by atoms with Crippen molar-refractivity contribution in [2.45, 2.75) is 211 Å². The van der Waals surface area contributed by atoms with Crippen LogP contribution in [-0.4, -0.2) is 251 Å². The molecule has 42 heteroatoms. The van der Waals surface area contributed by atoms with E-state index in [9.17, 15) is 87.3 Å². The number of ether oxygens (including phenoxy) is 6. The minimum Gasteiger partial charge on any atom is -0.481 e. The van der Waals surface area contributed by atoms with Gasteiger partial charge in [-0.1, -0.05) is 115 Å². The number of fused-ring (bicyclic) bond motifs is 1. The predicted octanol–water partition coefficient (Wildman–Crippen LogP) is 4.83. The molecule has 16 N–H and O–H groups in total. The number of carboxylic acid groups (broad SMARTS) is 3. The second-order valence-electron chi connectivity index (χ2n) is 30.0. The number of aromatic nitrogens is 5. The lowest BCUT2D eigenvalue weighted by molar-refractivity contribution is -0.143. The van der Waals surface area contributed by atoms with E-state index < -0.39 is 133 Å². The molecule has 0 aliphatic carbocycles. The van der Waals surface area contributed by atoms with Crippen molar-refractivity contribution in [2.75, 3.05) is 104 Å². The predicted molar refractivity (Wildman–Crippen MR) is 455 cm³/mol. The minimum atomic E-state index is -1.56.